The van der Waals surface area contributed by atoms with E-state index in [1.54, 1.807) is 6.26 Å². The van der Waals surface area contributed by atoms with Gasteiger partial charge in [0, 0.05) is 6.42 Å². The van der Waals surface area contributed by atoms with Gasteiger partial charge in [0.25, 0.3) is 0 Å². The van der Waals surface area contributed by atoms with Crippen molar-refractivity contribution in [3.8, 4) is 12.3 Å². The van der Waals surface area contributed by atoms with Crippen molar-refractivity contribution in [1.29, 1.82) is 0 Å². The second-order valence-corrected chi connectivity index (χ2v) is 1.24. The molecule has 0 fully saturated rings. The molecular formula is C7H10O. The van der Waals surface area contributed by atoms with Gasteiger partial charge in [-0.2, -0.15) is 0 Å². The average Bonchev–Trinajstić information content (AvgIpc) is 1.81. The van der Waals surface area contributed by atoms with Gasteiger partial charge in [-0.05, 0) is 13.0 Å². The summed E-state index contributed by atoms with van der Waals surface area (Å²) >= 11 is 0. The molecule has 0 spiro atoms. The van der Waals surface area contributed by atoms with Crippen molar-refractivity contribution in [2.75, 3.05) is 6.61 Å². The van der Waals surface area contributed by atoms with Crippen molar-refractivity contribution < 1.29 is 4.74 Å². The Morgan fingerprint density at radius 2 is 2.50 bits per heavy atom. The zero-order valence-electron chi connectivity index (χ0n) is 5.05. The van der Waals surface area contributed by atoms with E-state index in [1.807, 2.05) is 13.0 Å². The summed E-state index contributed by atoms with van der Waals surface area (Å²) in [6.45, 7) is 2.64. The molecule has 8 heavy (non-hydrogen) atoms. The van der Waals surface area contributed by atoms with Crippen LogP contribution >= 0.6 is 0 Å². The number of hydrogen-bond donors (Lipinski definition) is 0. The number of ether oxygens (including phenoxy) is 1. The third kappa shape index (κ3) is 5.10. The Labute approximate surface area is 50.4 Å². The van der Waals surface area contributed by atoms with E-state index in [0.717, 1.165) is 0 Å². The molecule has 1 heteroatoms. The Bertz CT molecular complexity index is 97.4. The predicted octanol–water partition coefficient (Wildman–Crippen LogP) is 1.56. The highest BCUT2D eigenvalue weighted by Crippen LogP contribution is 1.80. The van der Waals surface area contributed by atoms with Crippen LogP contribution in [0.3, 0.4) is 0 Å². The molecule has 44 valence electrons. The van der Waals surface area contributed by atoms with Gasteiger partial charge in [-0.1, -0.05) is 0 Å². The molecule has 0 aromatic carbocycles. The van der Waals surface area contributed by atoms with Crippen molar-refractivity contribution in [2.45, 2.75) is 13.3 Å². The van der Waals surface area contributed by atoms with E-state index in [9.17, 15) is 0 Å². The molecule has 0 heterocycles. The summed E-state index contributed by atoms with van der Waals surface area (Å²) in [7, 11) is 0. The lowest BCUT2D eigenvalue weighted by Crippen LogP contribution is -1.75. The van der Waals surface area contributed by atoms with Crippen LogP contribution in [-0.2, 0) is 4.74 Å². The molecule has 0 aliphatic carbocycles. The largest absolute Gasteiger partial charge is 0.502 e. The number of terminal acetylenes is 1. The number of allylic oxidation sites excluding steroid dienone is 1. The molecule has 0 aromatic heterocycles. The van der Waals surface area contributed by atoms with Gasteiger partial charge in [0.1, 0.15) is 0 Å². The van der Waals surface area contributed by atoms with Gasteiger partial charge in [0.2, 0.25) is 0 Å². The first kappa shape index (κ1) is 7.10. The summed E-state index contributed by atoms with van der Waals surface area (Å²) < 4.78 is 4.86. The van der Waals surface area contributed by atoms with Crippen molar-refractivity contribution >= 4 is 0 Å². The van der Waals surface area contributed by atoms with E-state index < -0.39 is 0 Å². The highest BCUT2D eigenvalue weighted by atomic mass is 16.5. The smallest absolute Gasteiger partial charge is 0.0845 e. The Kier molecular flexibility index (Phi) is 5.41. The van der Waals surface area contributed by atoms with Gasteiger partial charge >= 0.3 is 0 Å². The Balaban J connectivity index is 2.98. The summed E-state index contributed by atoms with van der Waals surface area (Å²) in [5.74, 6) is 2.46. The summed E-state index contributed by atoms with van der Waals surface area (Å²) in [6, 6.07) is 0. The minimum absolute atomic E-state index is 0.653. The quantitative estimate of drug-likeness (QED) is 0.395. The summed E-state index contributed by atoms with van der Waals surface area (Å²) in [5, 5.41) is 0. The van der Waals surface area contributed by atoms with E-state index in [1.165, 1.54) is 0 Å². The minimum Gasteiger partial charge on any atom is -0.502 e. The minimum atomic E-state index is 0.653. The van der Waals surface area contributed by atoms with Gasteiger partial charge in [-0.25, -0.2) is 0 Å². The first-order chi connectivity index (χ1) is 3.91. The van der Waals surface area contributed by atoms with Gasteiger partial charge in [-0.3, -0.25) is 0 Å². The Morgan fingerprint density at radius 3 is 3.00 bits per heavy atom. The molecule has 0 unspecified atom stereocenters. The van der Waals surface area contributed by atoms with Crippen LogP contribution in [0.4, 0.5) is 0 Å². The summed E-state index contributed by atoms with van der Waals surface area (Å²) in [6.07, 6.45) is 9.04. The fourth-order valence-electron chi connectivity index (χ4n) is 0.280. The molecule has 0 aliphatic heterocycles. The molecule has 0 atom stereocenters. The highest BCUT2D eigenvalue weighted by Gasteiger charge is 1.67. The highest BCUT2D eigenvalue weighted by molar-refractivity contribution is 4.93. The molecule has 0 aromatic rings. The molecule has 0 saturated carbocycles. The topological polar surface area (TPSA) is 9.23 Å². The molecule has 0 radical (unpaired) electrons. The molecule has 1 nitrogen and oxygen atoms in total. The van der Waals surface area contributed by atoms with Crippen LogP contribution < -0.4 is 0 Å². The lowest BCUT2D eigenvalue weighted by molar-refractivity contribution is 0.268. The van der Waals surface area contributed by atoms with E-state index >= 15 is 0 Å². The zero-order chi connectivity index (χ0) is 6.24. The SMILES string of the molecule is C#CCC=COCC. The predicted molar refractivity (Wildman–Crippen MR) is 34.2 cm³/mol. The second-order valence-electron chi connectivity index (χ2n) is 1.24. The second kappa shape index (κ2) is 6.10. The van der Waals surface area contributed by atoms with Crippen LogP contribution in [0.25, 0.3) is 0 Å². The van der Waals surface area contributed by atoms with Crippen LogP contribution in [-0.4, -0.2) is 6.61 Å². The molecule has 0 N–H and O–H groups in total. The molecular weight excluding hydrogens is 100 g/mol. The fraction of sp³-hybridized carbons (Fsp3) is 0.429. The molecule has 0 rings (SSSR count). The maximum atomic E-state index is 4.95. The standard InChI is InChI=1S/C7H10O/c1-3-5-6-7-8-4-2/h1,6-7H,4-5H2,2H3. The van der Waals surface area contributed by atoms with Crippen molar-refractivity contribution in [1.82, 2.24) is 0 Å². The normalized spacial score (nSPS) is 9.00. The van der Waals surface area contributed by atoms with Crippen molar-refractivity contribution in [2.24, 2.45) is 0 Å². The Hall–Kier alpha value is -0.900. The lowest BCUT2D eigenvalue weighted by Gasteiger charge is -1.88. The number of rotatable bonds is 3. The Morgan fingerprint density at radius 1 is 1.75 bits per heavy atom. The van der Waals surface area contributed by atoms with Crippen molar-refractivity contribution in [3.05, 3.63) is 12.3 Å². The van der Waals surface area contributed by atoms with E-state index in [2.05, 4.69) is 5.92 Å². The monoisotopic (exact) mass is 110 g/mol. The fourth-order valence-corrected chi connectivity index (χ4v) is 0.280. The summed E-state index contributed by atoms with van der Waals surface area (Å²) in [5.41, 5.74) is 0. The maximum Gasteiger partial charge on any atom is 0.0845 e. The van der Waals surface area contributed by atoms with E-state index in [-0.39, 0.29) is 0 Å². The lowest BCUT2D eigenvalue weighted by atomic mass is 10.4. The van der Waals surface area contributed by atoms with Gasteiger partial charge in [0.15, 0.2) is 0 Å². The zero-order valence-corrected chi connectivity index (χ0v) is 5.05. The third-order valence-electron chi connectivity index (χ3n) is 0.595. The molecule has 0 aliphatic rings. The van der Waals surface area contributed by atoms with Crippen LogP contribution in [0.1, 0.15) is 13.3 Å². The average molecular weight is 110 g/mol. The van der Waals surface area contributed by atoms with E-state index in [4.69, 9.17) is 11.2 Å². The first-order valence-corrected chi connectivity index (χ1v) is 2.62. The van der Waals surface area contributed by atoms with Gasteiger partial charge in [-0.15, -0.1) is 12.3 Å². The van der Waals surface area contributed by atoms with Gasteiger partial charge in [0.05, 0.1) is 12.9 Å². The van der Waals surface area contributed by atoms with Crippen LogP contribution in [0.5, 0.6) is 0 Å². The number of hydrogen-bond acceptors (Lipinski definition) is 1. The third-order valence-corrected chi connectivity index (χ3v) is 0.595. The molecule has 0 saturated heterocycles. The maximum absolute atomic E-state index is 4.95. The molecule has 0 bridgehead atoms. The van der Waals surface area contributed by atoms with Gasteiger partial charge < -0.3 is 4.74 Å². The van der Waals surface area contributed by atoms with Crippen LogP contribution in [0, 0.1) is 12.3 Å². The van der Waals surface area contributed by atoms with Crippen molar-refractivity contribution in [3.63, 3.8) is 0 Å². The first-order valence-electron chi connectivity index (χ1n) is 2.62. The van der Waals surface area contributed by atoms with E-state index in [0.29, 0.717) is 13.0 Å². The summed E-state index contributed by atoms with van der Waals surface area (Å²) in [4.78, 5) is 0. The van der Waals surface area contributed by atoms with Crippen LogP contribution in [0.2, 0.25) is 0 Å². The molecule has 0 amide bonds. The van der Waals surface area contributed by atoms with Crippen LogP contribution in [0.15, 0.2) is 12.3 Å².